The number of hydrogen-bond donors (Lipinski definition) is 6. The van der Waals surface area contributed by atoms with Gasteiger partial charge in [-0.1, -0.05) is 24.3 Å². The predicted octanol–water partition coefficient (Wildman–Crippen LogP) is 1.58. The third-order valence-electron chi connectivity index (χ3n) is 5.08. The van der Waals surface area contributed by atoms with Crippen LogP contribution in [-0.2, 0) is 32.0 Å². The Kier molecular flexibility index (Phi) is 9.88. The smallest absolute Gasteiger partial charge is 0.326 e. The number of hydrogen-bond acceptors (Lipinski definition) is 6. The average molecular weight is 472 g/mol. The summed E-state index contributed by atoms with van der Waals surface area (Å²) in [6.45, 7) is 0. The van der Waals surface area contributed by atoms with Crippen LogP contribution in [0.4, 0.5) is 0 Å². The van der Waals surface area contributed by atoms with Crippen molar-refractivity contribution in [3.63, 3.8) is 0 Å². The second-order valence-electron chi connectivity index (χ2n) is 7.86. The van der Waals surface area contributed by atoms with Crippen molar-refractivity contribution < 1.29 is 39.6 Å². The Morgan fingerprint density at radius 2 is 0.941 bits per heavy atom. The van der Waals surface area contributed by atoms with Crippen LogP contribution in [-0.4, -0.2) is 56.3 Å². The van der Waals surface area contributed by atoms with Gasteiger partial charge in [-0.3, -0.25) is 9.59 Å². The highest BCUT2D eigenvalue weighted by Crippen LogP contribution is 2.13. The molecule has 10 heteroatoms. The molecule has 0 aliphatic rings. The minimum Gasteiger partial charge on any atom is -0.508 e. The van der Waals surface area contributed by atoms with Crippen molar-refractivity contribution in [3.8, 4) is 11.5 Å². The first-order valence-electron chi connectivity index (χ1n) is 10.7. The van der Waals surface area contributed by atoms with Crippen LogP contribution in [0.1, 0.15) is 36.8 Å². The molecule has 2 aromatic rings. The lowest BCUT2D eigenvalue weighted by Gasteiger charge is -2.15. The number of phenolic OH excluding ortho intramolecular Hbond substituents is 2. The molecule has 0 fully saturated rings. The van der Waals surface area contributed by atoms with Gasteiger partial charge in [-0.05, 0) is 48.2 Å². The van der Waals surface area contributed by atoms with E-state index in [0.717, 1.165) is 0 Å². The van der Waals surface area contributed by atoms with Crippen LogP contribution in [0.2, 0.25) is 0 Å². The predicted molar refractivity (Wildman–Crippen MR) is 121 cm³/mol. The first-order valence-corrected chi connectivity index (χ1v) is 10.7. The summed E-state index contributed by atoms with van der Waals surface area (Å²) in [5.74, 6) is -3.20. The number of carbonyl (C=O) groups is 4. The number of nitrogens with one attached hydrogen (secondary N) is 2. The minimum absolute atomic E-state index is 0.0164. The van der Waals surface area contributed by atoms with Crippen LogP contribution >= 0.6 is 0 Å². The standard InChI is InChI=1S/C24H28N2O8/c27-17-9-5-15(6-10-17)13-19(23(31)32)25-21(29)3-1-2-4-22(30)26-20(24(33)34)14-16-7-11-18(28)12-8-16/h5-12,19-20,27-28H,1-4,13-14H2,(H,25,29)(H,26,30)(H,31,32)(H,33,34). The molecule has 0 aliphatic carbocycles. The van der Waals surface area contributed by atoms with E-state index >= 15 is 0 Å². The second-order valence-corrected chi connectivity index (χ2v) is 7.86. The molecule has 182 valence electrons. The monoisotopic (exact) mass is 472 g/mol. The van der Waals surface area contributed by atoms with Gasteiger partial charge in [0.1, 0.15) is 23.6 Å². The summed E-state index contributed by atoms with van der Waals surface area (Å²) in [4.78, 5) is 47.2. The van der Waals surface area contributed by atoms with Crippen molar-refractivity contribution in [1.29, 1.82) is 0 Å². The van der Waals surface area contributed by atoms with Crippen molar-refractivity contribution >= 4 is 23.8 Å². The lowest BCUT2D eigenvalue weighted by Crippen LogP contribution is -2.42. The van der Waals surface area contributed by atoms with E-state index in [9.17, 15) is 39.6 Å². The fraction of sp³-hybridized carbons (Fsp3) is 0.333. The number of carboxylic acid groups (broad SMARTS) is 2. The molecule has 6 N–H and O–H groups in total. The van der Waals surface area contributed by atoms with Crippen molar-refractivity contribution in [2.75, 3.05) is 0 Å². The normalized spacial score (nSPS) is 12.4. The summed E-state index contributed by atoms with van der Waals surface area (Å²) in [6, 6.07) is 9.75. The maximum Gasteiger partial charge on any atom is 0.326 e. The molecular formula is C24H28N2O8. The number of carboxylic acids is 2. The zero-order valence-corrected chi connectivity index (χ0v) is 18.4. The summed E-state index contributed by atoms with van der Waals surface area (Å²) in [5.41, 5.74) is 1.28. The van der Waals surface area contributed by atoms with E-state index in [4.69, 9.17) is 0 Å². The number of rotatable bonds is 13. The number of aliphatic carboxylic acids is 2. The van der Waals surface area contributed by atoms with Crippen LogP contribution in [0, 0.1) is 0 Å². The Hall–Kier alpha value is -4.08. The molecule has 34 heavy (non-hydrogen) atoms. The lowest BCUT2D eigenvalue weighted by atomic mass is 10.0. The zero-order valence-electron chi connectivity index (χ0n) is 18.4. The second kappa shape index (κ2) is 12.8. The van der Waals surface area contributed by atoms with Gasteiger partial charge in [-0.15, -0.1) is 0 Å². The Morgan fingerprint density at radius 3 is 1.24 bits per heavy atom. The molecule has 2 unspecified atom stereocenters. The molecular weight excluding hydrogens is 444 g/mol. The Bertz CT molecular complexity index is 908. The topological polar surface area (TPSA) is 173 Å². The molecule has 2 aromatic carbocycles. The van der Waals surface area contributed by atoms with Crippen molar-refractivity contribution in [1.82, 2.24) is 10.6 Å². The largest absolute Gasteiger partial charge is 0.508 e. The molecule has 2 rings (SSSR count). The highest BCUT2D eigenvalue weighted by atomic mass is 16.4. The molecule has 0 spiro atoms. The number of amides is 2. The molecule has 0 heterocycles. The van der Waals surface area contributed by atoms with Gasteiger partial charge in [0, 0.05) is 25.7 Å². The number of unbranched alkanes of at least 4 members (excludes halogenated alkanes) is 1. The quantitative estimate of drug-likeness (QED) is 0.238. The molecule has 0 bridgehead atoms. The number of carbonyl (C=O) groups excluding carboxylic acids is 2. The number of aromatic hydroxyl groups is 2. The van der Waals surface area contributed by atoms with Crippen molar-refractivity contribution in [2.24, 2.45) is 0 Å². The summed E-state index contributed by atoms with van der Waals surface area (Å²) >= 11 is 0. The lowest BCUT2D eigenvalue weighted by molar-refractivity contribution is -0.142. The van der Waals surface area contributed by atoms with Gasteiger partial charge in [0.2, 0.25) is 11.8 Å². The first-order chi connectivity index (χ1) is 16.1. The van der Waals surface area contributed by atoms with E-state index in [1.165, 1.54) is 24.3 Å². The van der Waals surface area contributed by atoms with Gasteiger partial charge in [0.15, 0.2) is 0 Å². The van der Waals surface area contributed by atoms with Crippen molar-refractivity contribution in [2.45, 2.75) is 50.6 Å². The van der Waals surface area contributed by atoms with Crippen LogP contribution in [0.15, 0.2) is 48.5 Å². The van der Waals surface area contributed by atoms with Crippen molar-refractivity contribution in [3.05, 3.63) is 59.7 Å². The molecule has 0 aromatic heterocycles. The number of phenols is 2. The fourth-order valence-electron chi connectivity index (χ4n) is 3.24. The molecule has 0 saturated carbocycles. The SMILES string of the molecule is O=C(CCCCC(=O)NC(Cc1ccc(O)cc1)C(=O)O)NC(Cc1ccc(O)cc1)C(=O)O. The first kappa shape index (κ1) is 26.2. The van der Waals surface area contributed by atoms with Crippen LogP contribution in [0.5, 0.6) is 11.5 Å². The van der Waals surface area contributed by atoms with Gasteiger partial charge in [0.05, 0.1) is 0 Å². The average Bonchev–Trinajstić information content (AvgIpc) is 2.78. The third-order valence-corrected chi connectivity index (χ3v) is 5.08. The molecule has 0 radical (unpaired) electrons. The fourth-order valence-corrected chi connectivity index (χ4v) is 3.24. The molecule has 0 saturated heterocycles. The van der Waals surface area contributed by atoms with E-state index in [1.807, 2.05) is 0 Å². The molecule has 0 aliphatic heterocycles. The molecule has 2 atom stereocenters. The summed E-state index contributed by atoms with van der Waals surface area (Å²) in [5, 5.41) is 42.2. The van der Waals surface area contributed by atoms with E-state index in [0.29, 0.717) is 24.0 Å². The van der Waals surface area contributed by atoms with Gasteiger partial charge < -0.3 is 31.1 Å². The van der Waals surface area contributed by atoms with Crippen LogP contribution in [0.3, 0.4) is 0 Å². The summed E-state index contributed by atoms with van der Waals surface area (Å²) in [7, 11) is 0. The van der Waals surface area contributed by atoms with E-state index in [2.05, 4.69) is 10.6 Å². The van der Waals surface area contributed by atoms with Gasteiger partial charge in [0.25, 0.3) is 0 Å². The minimum atomic E-state index is -1.19. The summed E-state index contributed by atoms with van der Waals surface area (Å²) < 4.78 is 0. The Labute approximate surface area is 196 Å². The van der Waals surface area contributed by atoms with Gasteiger partial charge in [-0.25, -0.2) is 9.59 Å². The number of benzene rings is 2. The van der Waals surface area contributed by atoms with Crippen LogP contribution in [0.25, 0.3) is 0 Å². The van der Waals surface area contributed by atoms with E-state index in [1.54, 1.807) is 24.3 Å². The Balaban J connectivity index is 1.73. The van der Waals surface area contributed by atoms with Crippen LogP contribution < -0.4 is 10.6 Å². The molecule has 2 amide bonds. The highest BCUT2D eigenvalue weighted by Gasteiger charge is 2.22. The maximum absolute atomic E-state index is 12.1. The van der Waals surface area contributed by atoms with Gasteiger partial charge >= 0.3 is 11.9 Å². The zero-order chi connectivity index (χ0) is 25.1. The molecule has 10 nitrogen and oxygen atoms in total. The van der Waals surface area contributed by atoms with E-state index < -0.39 is 35.8 Å². The maximum atomic E-state index is 12.1. The summed E-state index contributed by atoms with van der Waals surface area (Å²) in [6.07, 6.45) is 0.786. The third kappa shape index (κ3) is 9.19. The van der Waals surface area contributed by atoms with Gasteiger partial charge in [-0.2, -0.15) is 0 Å². The Morgan fingerprint density at radius 1 is 0.618 bits per heavy atom. The van der Waals surface area contributed by atoms with E-state index in [-0.39, 0.29) is 37.2 Å². The highest BCUT2D eigenvalue weighted by molar-refractivity contribution is 5.84.